The highest BCUT2D eigenvalue weighted by molar-refractivity contribution is 5.14. The maximum absolute atomic E-state index is 10.1. The van der Waals surface area contributed by atoms with Crippen molar-refractivity contribution in [2.45, 2.75) is 71.8 Å². The normalized spacial score (nSPS) is 50.5. The molecule has 25 heavy (non-hydrogen) atoms. The van der Waals surface area contributed by atoms with Crippen LogP contribution in [0.1, 0.15) is 65.7 Å². The molecule has 8 atom stereocenters. The van der Waals surface area contributed by atoms with Gasteiger partial charge >= 0.3 is 0 Å². The molecule has 0 aromatic carbocycles. The van der Waals surface area contributed by atoms with Crippen LogP contribution in [0.25, 0.3) is 0 Å². The molecule has 0 aromatic heterocycles. The van der Waals surface area contributed by atoms with Gasteiger partial charge in [-0.05, 0) is 98.8 Å². The average molecular weight is 350 g/mol. The average Bonchev–Trinajstić information content (AvgIpc) is 2.93. The Morgan fingerprint density at radius 1 is 1.08 bits per heavy atom. The van der Waals surface area contributed by atoms with E-state index in [2.05, 4.69) is 27.4 Å². The van der Waals surface area contributed by atoms with Crippen LogP contribution >= 0.6 is 0 Å². The molecule has 0 aliphatic heterocycles. The van der Waals surface area contributed by atoms with E-state index >= 15 is 0 Å². The zero-order chi connectivity index (χ0) is 18.4. The first-order valence-corrected chi connectivity index (χ1v) is 10.4. The summed E-state index contributed by atoms with van der Waals surface area (Å²) >= 11 is 0. The van der Waals surface area contributed by atoms with Gasteiger partial charge in [-0.2, -0.15) is 0 Å². The SMILES string of the molecule is C=C(C)[C@H]1CCC2C(CN)C([C@@]3(C)CC[C@H](O)C[C@@H]3CO)CC[C@@]21C. The Morgan fingerprint density at radius 2 is 1.72 bits per heavy atom. The molecule has 0 aromatic rings. The van der Waals surface area contributed by atoms with Crippen molar-refractivity contribution in [1.29, 1.82) is 0 Å². The number of rotatable bonds is 4. The van der Waals surface area contributed by atoms with Gasteiger partial charge in [0.15, 0.2) is 0 Å². The van der Waals surface area contributed by atoms with E-state index in [-0.39, 0.29) is 24.0 Å². The second-order valence-corrected chi connectivity index (χ2v) is 9.95. The number of aliphatic hydroxyl groups is 2. The third-order valence-electron chi connectivity index (χ3n) is 8.88. The molecule has 4 N–H and O–H groups in total. The lowest BCUT2D eigenvalue weighted by Crippen LogP contribution is -2.53. The number of hydrogen-bond donors (Lipinski definition) is 3. The van der Waals surface area contributed by atoms with Gasteiger partial charge < -0.3 is 15.9 Å². The predicted molar refractivity (Wildman–Crippen MR) is 103 cm³/mol. The van der Waals surface area contributed by atoms with E-state index in [0.717, 1.165) is 25.8 Å². The standard InChI is InChI=1S/C22H39NO2/c1-14(2)18-5-6-19-17(12-23)20(8-10-22(18,19)4)21(3)9-7-16(25)11-15(21)13-24/h15-20,24-25H,1,5-13,23H2,2-4H3/t15-,16+,17?,18-,19?,20?,21+,22-/m1/s1. The number of aliphatic hydroxyl groups excluding tert-OH is 2. The van der Waals surface area contributed by atoms with Crippen LogP contribution in [0.15, 0.2) is 12.2 Å². The highest BCUT2D eigenvalue weighted by Crippen LogP contribution is 2.64. The molecule has 3 fully saturated rings. The summed E-state index contributed by atoms with van der Waals surface area (Å²) in [5.41, 5.74) is 8.19. The fraction of sp³-hybridized carbons (Fsp3) is 0.909. The summed E-state index contributed by atoms with van der Waals surface area (Å²) in [6.07, 6.45) is 7.40. The number of hydrogen-bond acceptors (Lipinski definition) is 3. The Kier molecular flexibility index (Phi) is 5.41. The van der Waals surface area contributed by atoms with Gasteiger partial charge in [0.1, 0.15) is 0 Å². The van der Waals surface area contributed by atoms with Crippen LogP contribution in [0.5, 0.6) is 0 Å². The van der Waals surface area contributed by atoms with Crippen LogP contribution in [-0.4, -0.2) is 29.5 Å². The summed E-state index contributed by atoms with van der Waals surface area (Å²) in [5, 5.41) is 20.1. The largest absolute Gasteiger partial charge is 0.396 e. The van der Waals surface area contributed by atoms with Crippen molar-refractivity contribution in [3.05, 3.63) is 12.2 Å². The Morgan fingerprint density at radius 3 is 2.32 bits per heavy atom. The van der Waals surface area contributed by atoms with Crippen LogP contribution in [0.2, 0.25) is 0 Å². The fourth-order valence-electron chi connectivity index (χ4n) is 7.41. The van der Waals surface area contributed by atoms with E-state index in [4.69, 9.17) is 5.73 Å². The number of nitrogens with two attached hydrogens (primary N) is 1. The van der Waals surface area contributed by atoms with Gasteiger partial charge in [0.2, 0.25) is 0 Å². The third kappa shape index (κ3) is 3.00. The molecule has 3 saturated carbocycles. The van der Waals surface area contributed by atoms with Crippen LogP contribution in [0.3, 0.4) is 0 Å². The fourth-order valence-corrected chi connectivity index (χ4v) is 7.41. The first kappa shape index (κ1) is 19.4. The molecule has 0 saturated heterocycles. The predicted octanol–water partition coefficient (Wildman–Crippen LogP) is 3.74. The molecule has 0 heterocycles. The monoisotopic (exact) mass is 349 g/mol. The second-order valence-electron chi connectivity index (χ2n) is 9.95. The quantitative estimate of drug-likeness (QED) is 0.677. The molecular formula is C22H39NO2. The molecule has 0 radical (unpaired) electrons. The lowest BCUT2D eigenvalue weighted by atomic mass is 9.48. The van der Waals surface area contributed by atoms with Gasteiger partial charge in [-0.3, -0.25) is 0 Å². The first-order chi connectivity index (χ1) is 11.8. The molecule has 0 spiro atoms. The van der Waals surface area contributed by atoms with Gasteiger partial charge in [0, 0.05) is 6.61 Å². The molecule has 3 aliphatic rings. The Bertz CT molecular complexity index is 506. The zero-order valence-electron chi connectivity index (χ0n) is 16.5. The summed E-state index contributed by atoms with van der Waals surface area (Å²) in [5.74, 6) is 2.64. The summed E-state index contributed by atoms with van der Waals surface area (Å²) in [7, 11) is 0. The minimum absolute atomic E-state index is 0.112. The van der Waals surface area contributed by atoms with Crippen LogP contribution in [0.4, 0.5) is 0 Å². The van der Waals surface area contributed by atoms with Crippen molar-refractivity contribution in [2.24, 2.45) is 46.2 Å². The van der Waals surface area contributed by atoms with E-state index in [1.165, 1.54) is 31.3 Å². The second kappa shape index (κ2) is 6.98. The topological polar surface area (TPSA) is 66.5 Å². The molecule has 0 bridgehead atoms. The maximum Gasteiger partial charge on any atom is 0.0544 e. The van der Waals surface area contributed by atoms with Crippen LogP contribution < -0.4 is 5.73 Å². The highest BCUT2D eigenvalue weighted by atomic mass is 16.3. The minimum Gasteiger partial charge on any atom is -0.396 e. The van der Waals surface area contributed by atoms with Crippen molar-refractivity contribution >= 4 is 0 Å². The van der Waals surface area contributed by atoms with Crippen molar-refractivity contribution < 1.29 is 10.2 Å². The lowest BCUT2D eigenvalue weighted by molar-refractivity contribution is -0.0996. The van der Waals surface area contributed by atoms with E-state index in [0.29, 0.717) is 29.1 Å². The van der Waals surface area contributed by atoms with Gasteiger partial charge in [0.05, 0.1) is 6.10 Å². The maximum atomic E-state index is 10.1. The lowest BCUT2D eigenvalue weighted by Gasteiger charge is -2.57. The van der Waals surface area contributed by atoms with Gasteiger partial charge in [-0.1, -0.05) is 26.0 Å². The summed E-state index contributed by atoms with van der Waals surface area (Å²) in [6.45, 7) is 12.3. The summed E-state index contributed by atoms with van der Waals surface area (Å²) in [6, 6.07) is 0. The first-order valence-electron chi connectivity index (χ1n) is 10.4. The van der Waals surface area contributed by atoms with E-state index in [1.807, 2.05) is 0 Å². The van der Waals surface area contributed by atoms with Crippen LogP contribution in [0, 0.1) is 40.4 Å². The molecule has 3 nitrogen and oxygen atoms in total. The highest BCUT2D eigenvalue weighted by Gasteiger charge is 2.58. The smallest absolute Gasteiger partial charge is 0.0544 e. The Labute approximate surface area is 154 Å². The molecule has 3 rings (SSSR count). The van der Waals surface area contributed by atoms with Gasteiger partial charge in [-0.15, -0.1) is 0 Å². The van der Waals surface area contributed by atoms with Crippen LogP contribution in [-0.2, 0) is 0 Å². The number of fused-ring (bicyclic) bond motifs is 1. The molecule has 0 amide bonds. The number of allylic oxidation sites excluding steroid dienone is 1. The molecule has 3 unspecified atom stereocenters. The van der Waals surface area contributed by atoms with E-state index in [9.17, 15) is 10.2 Å². The summed E-state index contributed by atoms with van der Waals surface area (Å²) < 4.78 is 0. The summed E-state index contributed by atoms with van der Waals surface area (Å²) in [4.78, 5) is 0. The van der Waals surface area contributed by atoms with Crippen molar-refractivity contribution in [2.75, 3.05) is 13.2 Å². The van der Waals surface area contributed by atoms with Gasteiger partial charge in [0.25, 0.3) is 0 Å². The zero-order valence-corrected chi connectivity index (χ0v) is 16.5. The van der Waals surface area contributed by atoms with E-state index in [1.54, 1.807) is 0 Å². The molecular weight excluding hydrogens is 310 g/mol. The van der Waals surface area contributed by atoms with E-state index < -0.39 is 0 Å². The van der Waals surface area contributed by atoms with Crippen molar-refractivity contribution in [1.82, 2.24) is 0 Å². The van der Waals surface area contributed by atoms with Gasteiger partial charge in [-0.25, -0.2) is 0 Å². The molecule has 3 aliphatic carbocycles. The van der Waals surface area contributed by atoms with Crippen molar-refractivity contribution in [3.8, 4) is 0 Å². The molecule has 3 heteroatoms. The Hall–Kier alpha value is -0.380. The Balaban J connectivity index is 1.88. The molecule has 144 valence electrons. The van der Waals surface area contributed by atoms with Crippen molar-refractivity contribution in [3.63, 3.8) is 0 Å². The minimum atomic E-state index is -0.241. The third-order valence-corrected chi connectivity index (χ3v) is 8.88.